The molecule has 0 N–H and O–H groups in total. The minimum absolute atomic E-state index is 0.414. The Kier molecular flexibility index (Phi) is 1.59. The summed E-state index contributed by atoms with van der Waals surface area (Å²) in [5, 5.41) is 0.623. The molecule has 2 heterocycles. The van der Waals surface area contributed by atoms with Gasteiger partial charge in [-0.25, -0.2) is 4.98 Å². The molecule has 0 aliphatic heterocycles. The van der Waals surface area contributed by atoms with Gasteiger partial charge in [0.25, 0.3) is 0 Å². The number of rotatable bonds is 1. The Hall–Kier alpha value is -1.35. The summed E-state index contributed by atoms with van der Waals surface area (Å²) in [5.41, 5.74) is 1.14. The molecule has 12 heavy (non-hydrogen) atoms. The lowest BCUT2D eigenvalue weighted by Crippen LogP contribution is -1.79. The molecule has 0 aliphatic carbocycles. The number of hydrogen-bond donors (Lipinski definition) is 0. The number of carbonyl (C=O) groups excluding carboxylic acids is 1. The van der Waals surface area contributed by atoms with E-state index in [1.807, 2.05) is 0 Å². The molecule has 0 saturated heterocycles. The highest BCUT2D eigenvalue weighted by Gasteiger charge is 1.99. The van der Waals surface area contributed by atoms with Crippen LogP contribution in [-0.4, -0.2) is 15.7 Å². The zero-order valence-corrected chi connectivity index (χ0v) is 6.82. The second-order valence-electron chi connectivity index (χ2n) is 2.40. The highest BCUT2D eigenvalue weighted by atomic mass is 35.5. The summed E-state index contributed by atoms with van der Waals surface area (Å²) in [6.07, 6.45) is 4.05. The number of imidazole rings is 1. The maximum atomic E-state index is 10.4. The lowest BCUT2D eigenvalue weighted by atomic mass is 10.5. The molecule has 0 radical (unpaired) electrons. The van der Waals surface area contributed by atoms with Crippen LogP contribution < -0.4 is 0 Å². The quantitative estimate of drug-likeness (QED) is 0.628. The van der Waals surface area contributed by atoms with Gasteiger partial charge in [0.15, 0.2) is 6.29 Å². The van der Waals surface area contributed by atoms with E-state index in [-0.39, 0.29) is 0 Å². The van der Waals surface area contributed by atoms with Gasteiger partial charge in [0, 0.05) is 12.4 Å². The zero-order valence-electron chi connectivity index (χ0n) is 6.07. The topological polar surface area (TPSA) is 34.4 Å². The molecule has 0 aromatic carbocycles. The number of halogens is 1. The molecule has 0 fully saturated rings. The van der Waals surface area contributed by atoms with Crippen molar-refractivity contribution in [3.63, 3.8) is 0 Å². The van der Waals surface area contributed by atoms with E-state index in [0.29, 0.717) is 17.0 Å². The molecule has 2 aromatic heterocycles. The molecule has 0 amide bonds. The maximum Gasteiger partial charge on any atom is 0.170 e. The molecule has 0 unspecified atom stereocenters. The number of hydrogen-bond acceptors (Lipinski definition) is 2. The first-order valence-electron chi connectivity index (χ1n) is 3.39. The number of aromatic nitrogens is 2. The summed E-state index contributed by atoms with van der Waals surface area (Å²) < 4.78 is 1.71. The number of carbonyl (C=O) groups is 1. The molecule has 0 spiro atoms. The fourth-order valence-electron chi connectivity index (χ4n) is 1.04. The van der Waals surface area contributed by atoms with Gasteiger partial charge in [-0.3, -0.25) is 4.79 Å². The van der Waals surface area contributed by atoms with Crippen LogP contribution in [0.5, 0.6) is 0 Å². The normalized spacial score (nSPS) is 10.4. The van der Waals surface area contributed by atoms with Gasteiger partial charge in [-0.05, 0) is 12.1 Å². The Bertz CT molecular complexity index is 436. The van der Waals surface area contributed by atoms with E-state index in [0.717, 1.165) is 5.65 Å². The molecular weight excluding hydrogens is 176 g/mol. The van der Waals surface area contributed by atoms with Crippen molar-refractivity contribution in [2.24, 2.45) is 0 Å². The second-order valence-corrected chi connectivity index (χ2v) is 2.83. The van der Waals surface area contributed by atoms with E-state index in [1.54, 1.807) is 28.9 Å². The van der Waals surface area contributed by atoms with Crippen molar-refractivity contribution >= 4 is 23.5 Å². The van der Waals surface area contributed by atoms with Crippen LogP contribution >= 0.6 is 11.6 Å². The number of nitrogens with zero attached hydrogens (tertiary/aromatic N) is 2. The SMILES string of the molecule is O=Cc1cn2cc(Cl)ccc2n1. The third-order valence-electron chi connectivity index (χ3n) is 1.55. The first kappa shape index (κ1) is 7.31. The molecule has 2 rings (SSSR count). The summed E-state index contributed by atoms with van der Waals surface area (Å²) in [6, 6.07) is 3.49. The van der Waals surface area contributed by atoms with Crippen LogP contribution in [0.15, 0.2) is 24.5 Å². The van der Waals surface area contributed by atoms with Gasteiger partial charge in [0.05, 0.1) is 5.02 Å². The van der Waals surface area contributed by atoms with Crippen molar-refractivity contribution in [2.45, 2.75) is 0 Å². The first-order valence-corrected chi connectivity index (χ1v) is 3.77. The standard InChI is InChI=1S/C8H5ClN2O/c9-6-1-2-8-10-7(5-12)4-11(8)3-6/h1-5H. The summed E-state index contributed by atoms with van der Waals surface area (Å²) in [4.78, 5) is 14.4. The van der Waals surface area contributed by atoms with Gasteiger partial charge >= 0.3 is 0 Å². The molecule has 0 saturated carbocycles. The van der Waals surface area contributed by atoms with Crippen molar-refractivity contribution in [3.8, 4) is 0 Å². The Morgan fingerprint density at radius 1 is 1.42 bits per heavy atom. The van der Waals surface area contributed by atoms with Gasteiger partial charge < -0.3 is 4.40 Å². The summed E-state index contributed by atoms with van der Waals surface area (Å²) in [6.45, 7) is 0. The van der Waals surface area contributed by atoms with E-state index < -0.39 is 0 Å². The largest absolute Gasteiger partial charge is 0.305 e. The van der Waals surface area contributed by atoms with Crippen molar-refractivity contribution in [3.05, 3.63) is 35.2 Å². The van der Waals surface area contributed by atoms with Crippen LogP contribution in [-0.2, 0) is 0 Å². The van der Waals surface area contributed by atoms with E-state index in [2.05, 4.69) is 4.98 Å². The number of fused-ring (bicyclic) bond motifs is 1. The highest BCUT2D eigenvalue weighted by Crippen LogP contribution is 2.10. The lowest BCUT2D eigenvalue weighted by Gasteiger charge is -1.91. The number of pyridine rings is 1. The third-order valence-corrected chi connectivity index (χ3v) is 1.78. The summed E-state index contributed by atoms with van der Waals surface area (Å²) in [5.74, 6) is 0. The minimum Gasteiger partial charge on any atom is -0.305 e. The monoisotopic (exact) mass is 180 g/mol. The van der Waals surface area contributed by atoms with Gasteiger partial charge in [-0.1, -0.05) is 11.6 Å². The molecule has 0 atom stereocenters. The van der Waals surface area contributed by atoms with Crippen LogP contribution in [0.1, 0.15) is 10.5 Å². The Morgan fingerprint density at radius 3 is 3.00 bits per heavy atom. The van der Waals surface area contributed by atoms with Gasteiger partial charge in [-0.15, -0.1) is 0 Å². The molecule has 3 nitrogen and oxygen atoms in total. The van der Waals surface area contributed by atoms with Crippen LogP contribution in [0.2, 0.25) is 5.02 Å². The molecule has 4 heteroatoms. The van der Waals surface area contributed by atoms with E-state index in [9.17, 15) is 4.79 Å². The average Bonchev–Trinajstić information content (AvgIpc) is 2.46. The van der Waals surface area contributed by atoms with Crippen molar-refractivity contribution in [2.75, 3.05) is 0 Å². The predicted molar refractivity (Wildman–Crippen MR) is 45.6 cm³/mol. The third kappa shape index (κ3) is 1.08. The minimum atomic E-state index is 0.414. The summed E-state index contributed by atoms with van der Waals surface area (Å²) >= 11 is 5.73. The predicted octanol–water partition coefficient (Wildman–Crippen LogP) is 1.80. The van der Waals surface area contributed by atoms with Crippen molar-refractivity contribution in [1.29, 1.82) is 0 Å². The van der Waals surface area contributed by atoms with Gasteiger partial charge in [-0.2, -0.15) is 0 Å². The highest BCUT2D eigenvalue weighted by molar-refractivity contribution is 6.30. The van der Waals surface area contributed by atoms with E-state index >= 15 is 0 Å². The molecule has 60 valence electrons. The van der Waals surface area contributed by atoms with Crippen LogP contribution in [0.4, 0.5) is 0 Å². The summed E-state index contributed by atoms with van der Waals surface area (Å²) in [7, 11) is 0. The van der Waals surface area contributed by atoms with Crippen LogP contribution in [0, 0.1) is 0 Å². The van der Waals surface area contributed by atoms with E-state index in [4.69, 9.17) is 11.6 Å². The zero-order chi connectivity index (χ0) is 8.55. The van der Waals surface area contributed by atoms with Gasteiger partial charge in [0.2, 0.25) is 0 Å². The molecular formula is C8H5ClN2O. The molecule has 0 aliphatic rings. The molecule has 0 bridgehead atoms. The van der Waals surface area contributed by atoms with Crippen LogP contribution in [0.3, 0.4) is 0 Å². The lowest BCUT2D eigenvalue weighted by molar-refractivity contribution is 0.111. The smallest absolute Gasteiger partial charge is 0.170 e. The fourth-order valence-corrected chi connectivity index (χ4v) is 1.21. The fraction of sp³-hybridized carbons (Fsp3) is 0. The molecule has 2 aromatic rings. The Morgan fingerprint density at radius 2 is 2.25 bits per heavy atom. The first-order chi connectivity index (χ1) is 5.79. The average molecular weight is 181 g/mol. The maximum absolute atomic E-state index is 10.4. The van der Waals surface area contributed by atoms with E-state index in [1.165, 1.54) is 0 Å². The Labute approximate surface area is 73.6 Å². The second kappa shape index (κ2) is 2.60. The number of aldehydes is 1. The van der Waals surface area contributed by atoms with Crippen LogP contribution in [0.25, 0.3) is 5.65 Å². The van der Waals surface area contributed by atoms with Gasteiger partial charge in [0.1, 0.15) is 11.3 Å². The Balaban J connectivity index is 2.75. The van der Waals surface area contributed by atoms with Crippen molar-refractivity contribution < 1.29 is 4.79 Å². The van der Waals surface area contributed by atoms with Crippen molar-refractivity contribution in [1.82, 2.24) is 9.38 Å².